The Morgan fingerprint density at radius 1 is 1.12 bits per heavy atom. The molecule has 6 heteroatoms. The summed E-state index contributed by atoms with van der Waals surface area (Å²) in [6.07, 6.45) is 0. The number of carbonyl (C=O) groups is 1. The van der Waals surface area contributed by atoms with Gasteiger partial charge in [-0.15, -0.1) is 0 Å². The van der Waals surface area contributed by atoms with Gasteiger partial charge in [-0.1, -0.05) is 50.2 Å². The van der Waals surface area contributed by atoms with Crippen LogP contribution < -0.4 is 11.1 Å². The molecule has 0 aliphatic heterocycles. The highest BCUT2D eigenvalue weighted by molar-refractivity contribution is 7.92. The van der Waals surface area contributed by atoms with Crippen molar-refractivity contribution in [3.05, 3.63) is 48.0 Å². The molecular weight excluding hydrogens is 324 g/mol. The van der Waals surface area contributed by atoms with Gasteiger partial charge in [-0.3, -0.25) is 4.79 Å². The van der Waals surface area contributed by atoms with Crippen molar-refractivity contribution in [1.82, 2.24) is 5.32 Å². The van der Waals surface area contributed by atoms with E-state index in [1.807, 2.05) is 56.3 Å². The summed E-state index contributed by atoms with van der Waals surface area (Å²) in [7, 11) is -3.40. The van der Waals surface area contributed by atoms with Crippen molar-refractivity contribution in [2.45, 2.75) is 19.9 Å². The minimum absolute atomic E-state index is 0.00366. The smallest absolute Gasteiger partial charge is 0.235 e. The third-order valence-electron chi connectivity index (χ3n) is 3.69. The van der Waals surface area contributed by atoms with Gasteiger partial charge >= 0.3 is 0 Å². The fraction of sp³-hybridized carbons (Fsp3) is 0.389. The zero-order chi connectivity index (χ0) is 17.7. The maximum absolute atomic E-state index is 12.1. The van der Waals surface area contributed by atoms with Crippen molar-refractivity contribution in [2.24, 2.45) is 11.7 Å². The summed E-state index contributed by atoms with van der Waals surface area (Å²) in [6, 6.07) is 13.3. The molecule has 1 unspecified atom stereocenters. The van der Waals surface area contributed by atoms with Gasteiger partial charge in [0.15, 0.2) is 9.84 Å². The Morgan fingerprint density at radius 3 is 2.42 bits per heavy atom. The number of rotatable bonds is 7. The van der Waals surface area contributed by atoms with Gasteiger partial charge in [0.2, 0.25) is 5.91 Å². The molecule has 0 saturated heterocycles. The standard InChI is InChI=1S/C18H24N2O3S/c1-13(2)11-24(22,23)12-18(21)20-17(10-19)16-8-7-14-5-3-4-6-15(14)9-16/h3-9,13,17H,10-12,19H2,1-2H3,(H,20,21). The molecule has 1 atom stereocenters. The van der Waals surface area contributed by atoms with E-state index in [1.165, 1.54) is 0 Å². The molecule has 0 saturated carbocycles. The molecule has 1 amide bonds. The number of benzene rings is 2. The van der Waals surface area contributed by atoms with Gasteiger partial charge in [0.05, 0.1) is 11.8 Å². The van der Waals surface area contributed by atoms with E-state index in [0.29, 0.717) is 0 Å². The van der Waals surface area contributed by atoms with Crippen LogP contribution >= 0.6 is 0 Å². The van der Waals surface area contributed by atoms with Gasteiger partial charge in [0.25, 0.3) is 0 Å². The molecule has 2 rings (SSSR count). The Morgan fingerprint density at radius 2 is 1.79 bits per heavy atom. The normalized spacial score (nSPS) is 13.2. The van der Waals surface area contributed by atoms with Crippen LogP contribution in [0.5, 0.6) is 0 Å². The van der Waals surface area contributed by atoms with Gasteiger partial charge in [-0.2, -0.15) is 0 Å². The summed E-state index contributed by atoms with van der Waals surface area (Å²) in [5, 5.41) is 4.88. The summed E-state index contributed by atoms with van der Waals surface area (Å²) in [5.41, 5.74) is 6.64. The average molecular weight is 348 g/mol. The summed E-state index contributed by atoms with van der Waals surface area (Å²) < 4.78 is 23.9. The molecule has 0 fully saturated rings. The first-order valence-electron chi connectivity index (χ1n) is 7.99. The minimum atomic E-state index is -3.40. The van der Waals surface area contributed by atoms with Gasteiger partial charge < -0.3 is 11.1 Å². The number of sulfone groups is 1. The van der Waals surface area contributed by atoms with Gasteiger partial charge in [-0.25, -0.2) is 8.42 Å². The highest BCUT2D eigenvalue weighted by Gasteiger charge is 2.21. The molecule has 0 aromatic heterocycles. The lowest BCUT2D eigenvalue weighted by molar-refractivity contribution is -0.119. The highest BCUT2D eigenvalue weighted by atomic mass is 32.2. The summed E-state index contributed by atoms with van der Waals surface area (Å²) >= 11 is 0. The lowest BCUT2D eigenvalue weighted by Gasteiger charge is -2.18. The molecule has 0 heterocycles. The average Bonchev–Trinajstić information content (AvgIpc) is 2.50. The fourth-order valence-electron chi connectivity index (χ4n) is 2.71. The van der Waals surface area contributed by atoms with E-state index < -0.39 is 27.5 Å². The molecule has 130 valence electrons. The van der Waals surface area contributed by atoms with E-state index in [-0.39, 0.29) is 18.2 Å². The molecule has 5 nitrogen and oxygen atoms in total. The largest absolute Gasteiger partial charge is 0.347 e. The van der Waals surface area contributed by atoms with Gasteiger partial charge in [-0.05, 0) is 28.3 Å². The number of carbonyl (C=O) groups excluding carboxylic acids is 1. The van der Waals surface area contributed by atoms with E-state index in [4.69, 9.17) is 5.73 Å². The van der Waals surface area contributed by atoms with Crippen LogP contribution in [0.25, 0.3) is 10.8 Å². The summed E-state index contributed by atoms with van der Waals surface area (Å²) in [4.78, 5) is 12.1. The van der Waals surface area contributed by atoms with Crippen LogP contribution in [0.15, 0.2) is 42.5 Å². The molecule has 0 spiro atoms. The molecule has 2 aromatic rings. The third-order valence-corrected chi connectivity index (χ3v) is 5.56. The maximum atomic E-state index is 12.1. The quantitative estimate of drug-likeness (QED) is 0.801. The Balaban J connectivity index is 2.11. The second-order valence-corrected chi connectivity index (χ2v) is 8.52. The second kappa shape index (κ2) is 7.77. The fourth-order valence-corrected chi connectivity index (χ4v) is 4.32. The van der Waals surface area contributed by atoms with Crippen molar-refractivity contribution in [3.8, 4) is 0 Å². The number of hydrogen-bond donors (Lipinski definition) is 2. The molecule has 0 radical (unpaired) electrons. The van der Waals surface area contributed by atoms with Crippen molar-refractivity contribution < 1.29 is 13.2 Å². The van der Waals surface area contributed by atoms with Crippen LogP contribution in [-0.4, -0.2) is 32.4 Å². The number of amides is 1. The predicted octanol–water partition coefficient (Wildman–Crippen LogP) is 2.03. The van der Waals surface area contributed by atoms with Crippen LogP contribution in [0.1, 0.15) is 25.5 Å². The van der Waals surface area contributed by atoms with Gasteiger partial charge in [0.1, 0.15) is 5.75 Å². The number of nitrogens with one attached hydrogen (secondary N) is 1. The minimum Gasteiger partial charge on any atom is -0.347 e. The monoisotopic (exact) mass is 348 g/mol. The van der Waals surface area contributed by atoms with E-state index in [0.717, 1.165) is 16.3 Å². The van der Waals surface area contributed by atoms with Gasteiger partial charge in [0, 0.05) is 6.54 Å². The second-order valence-electron chi connectivity index (χ2n) is 6.41. The van der Waals surface area contributed by atoms with E-state index in [1.54, 1.807) is 0 Å². The van der Waals surface area contributed by atoms with Crippen molar-refractivity contribution in [2.75, 3.05) is 18.1 Å². The van der Waals surface area contributed by atoms with Crippen LogP contribution in [0.2, 0.25) is 0 Å². The first kappa shape index (κ1) is 18.4. The molecular formula is C18H24N2O3S. The number of fused-ring (bicyclic) bond motifs is 1. The van der Waals surface area contributed by atoms with Crippen molar-refractivity contribution in [1.29, 1.82) is 0 Å². The predicted molar refractivity (Wildman–Crippen MR) is 97.4 cm³/mol. The Hall–Kier alpha value is -1.92. The first-order chi connectivity index (χ1) is 11.3. The van der Waals surface area contributed by atoms with Crippen molar-refractivity contribution in [3.63, 3.8) is 0 Å². The highest BCUT2D eigenvalue weighted by Crippen LogP contribution is 2.20. The molecule has 0 aliphatic rings. The molecule has 3 N–H and O–H groups in total. The van der Waals surface area contributed by atoms with E-state index >= 15 is 0 Å². The Labute approximate surface area is 143 Å². The van der Waals surface area contributed by atoms with Crippen molar-refractivity contribution >= 4 is 26.5 Å². The van der Waals surface area contributed by atoms with E-state index in [9.17, 15) is 13.2 Å². The summed E-state index contributed by atoms with van der Waals surface area (Å²) in [5.74, 6) is -1.02. The third kappa shape index (κ3) is 5.04. The molecule has 24 heavy (non-hydrogen) atoms. The number of nitrogens with two attached hydrogens (primary N) is 1. The topological polar surface area (TPSA) is 89.3 Å². The molecule has 0 aliphatic carbocycles. The zero-order valence-electron chi connectivity index (χ0n) is 14.0. The van der Waals surface area contributed by atoms with Crippen LogP contribution in [0, 0.1) is 5.92 Å². The Kier molecular flexibility index (Phi) is 5.96. The lowest BCUT2D eigenvalue weighted by Crippen LogP contribution is -2.37. The zero-order valence-corrected chi connectivity index (χ0v) is 14.8. The number of hydrogen-bond acceptors (Lipinski definition) is 4. The molecule has 2 aromatic carbocycles. The maximum Gasteiger partial charge on any atom is 0.235 e. The summed E-state index contributed by atoms with van der Waals surface area (Å²) in [6.45, 7) is 3.83. The van der Waals surface area contributed by atoms with Crippen LogP contribution in [-0.2, 0) is 14.6 Å². The van der Waals surface area contributed by atoms with E-state index in [2.05, 4.69) is 5.32 Å². The van der Waals surface area contributed by atoms with Crippen LogP contribution in [0.3, 0.4) is 0 Å². The van der Waals surface area contributed by atoms with Crippen LogP contribution in [0.4, 0.5) is 0 Å². The Bertz CT molecular complexity index is 816. The lowest BCUT2D eigenvalue weighted by atomic mass is 10.0. The molecule has 0 bridgehead atoms. The first-order valence-corrected chi connectivity index (χ1v) is 9.81. The SMILES string of the molecule is CC(C)CS(=O)(=O)CC(=O)NC(CN)c1ccc2ccccc2c1.